The minimum absolute atomic E-state index is 0.0667. The first-order chi connectivity index (χ1) is 15.9. The molecule has 172 valence electrons. The smallest absolute Gasteiger partial charge is 0.434 e. The predicted octanol–water partition coefficient (Wildman–Crippen LogP) is 4.32. The summed E-state index contributed by atoms with van der Waals surface area (Å²) < 4.78 is 10.3. The van der Waals surface area contributed by atoms with E-state index in [1.54, 1.807) is 47.4 Å². The van der Waals surface area contributed by atoms with Crippen molar-refractivity contribution in [1.82, 2.24) is 15.1 Å². The average molecular weight is 491 g/mol. The first kappa shape index (κ1) is 22.9. The molecule has 0 bridgehead atoms. The first-order valence-corrected chi connectivity index (χ1v) is 11.0. The van der Waals surface area contributed by atoms with Crippen molar-refractivity contribution >= 4 is 40.9 Å². The summed E-state index contributed by atoms with van der Waals surface area (Å²) in [4.78, 5) is 37.6. The molecule has 33 heavy (non-hydrogen) atoms. The Morgan fingerprint density at radius 3 is 2.39 bits per heavy atom. The van der Waals surface area contributed by atoms with Crippen LogP contribution in [0.15, 0.2) is 51.7 Å². The van der Waals surface area contributed by atoms with E-state index in [1.807, 2.05) is 0 Å². The van der Waals surface area contributed by atoms with Crippen LogP contribution in [0.5, 0.6) is 0 Å². The average Bonchev–Trinajstić information content (AvgIpc) is 3.23. The Morgan fingerprint density at radius 1 is 1.12 bits per heavy atom. The van der Waals surface area contributed by atoms with E-state index in [2.05, 4.69) is 15.5 Å². The lowest BCUT2D eigenvalue weighted by Gasteiger charge is -2.30. The zero-order chi connectivity index (χ0) is 23.4. The molecule has 2 amide bonds. The van der Waals surface area contributed by atoms with Crippen LogP contribution in [0.4, 0.5) is 10.5 Å². The Morgan fingerprint density at radius 2 is 1.79 bits per heavy atom. The zero-order valence-corrected chi connectivity index (χ0v) is 18.9. The molecule has 1 aliphatic heterocycles. The second-order valence-corrected chi connectivity index (χ2v) is 8.45. The summed E-state index contributed by atoms with van der Waals surface area (Å²) in [5.41, 5.74) is 1.93. The van der Waals surface area contributed by atoms with Gasteiger partial charge in [0, 0.05) is 40.3 Å². The molecule has 4 rings (SSSR count). The second kappa shape index (κ2) is 10.1. The molecular weight excluding hydrogens is 471 g/mol. The Bertz CT molecular complexity index is 1180. The van der Waals surface area contributed by atoms with E-state index in [1.165, 1.54) is 0 Å². The topological polar surface area (TPSA) is 118 Å². The highest BCUT2D eigenvalue weighted by molar-refractivity contribution is 6.34. The number of carbonyl (C=O) groups is 2. The van der Waals surface area contributed by atoms with Gasteiger partial charge in [-0.05, 0) is 60.9 Å². The van der Waals surface area contributed by atoms with E-state index >= 15 is 0 Å². The number of likely N-dealkylation sites (tertiary alicyclic amines) is 1. The summed E-state index contributed by atoms with van der Waals surface area (Å²) in [6.07, 6.45) is 0.617. The largest absolute Gasteiger partial charge is 0.445 e. The standard InChI is InChI=1S/C22H20Cl2N4O5/c23-16-9-13(10-17(24)11-16)12-32-22(31)28-7-5-14(6-8-28)19(29)25-18-3-1-15(2-4-18)20-26-27-21(30)33-20/h1-4,9-11,14H,5-8,12H2,(H,25,29)(H,27,30). The van der Waals surface area contributed by atoms with Gasteiger partial charge in [-0.25, -0.2) is 14.7 Å². The summed E-state index contributed by atoms with van der Waals surface area (Å²) in [5.74, 6) is -0.789. The number of anilines is 1. The van der Waals surface area contributed by atoms with Gasteiger partial charge in [0.05, 0.1) is 0 Å². The number of nitrogens with zero attached hydrogens (tertiary/aromatic N) is 2. The van der Waals surface area contributed by atoms with Crippen LogP contribution in [0.1, 0.15) is 18.4 Å². The van der Waals surface area contributed by atoms with Crippen molar-refractivity contribution in [3.05, 3.63) is 68.6 Å². The van der Waals surface area contributed by atoms with Crippen molar-refractivity contribution < 1.29 is 18.7 Å². The van der Waals surface area contributed by atoms with Gasteiger partial charge in [-0.15, -0.1) is 5.10 Å². The normalized spacial score (nSPS) is 14.2. The number of benzene rings is 2. The molecule has 1 fully saturated rings. The molecule has 0 unspecified atom stereocenters. The maximum Gasteiger partial charge on any atom is 0.434 e. The third-order valence-electron chi connectivity index (χ3n) is 5.25. The fraction of sp³-hybridized carbons (Fsp3) is 0.273. The Kier molecular flexibility index (Phi) is 7.00. The third-order valence-corrected chi connectivity index (χ3v) is 5.68. The van der Waals surface area contributed by atoms with E-state index in [9.17, 15) is 14.4 Å². The molecule has 2 aromatic carbocycles. The number of ether oxygens (including phenoxy) is 1. The molecule has 0 saturated carbocycles. The predicted molar refractivity (Wildman–Crippen MR) is 122 cm³/mol. The number of halogens is 2. The van der Waals surface area contributed by atoms with E-state index in [4.69, 9.17) is 32.4 Å². The van der Waals surface area contributed by atoms with Gasteiger partial charge in [-0.1, -0.05) is 23.2 Å². The number of hydrogen-bond acceptors (Lipinski definition) is 6. The van der Waals surface area contributed by atoms with Gasteiger partial charge < -0.3 is 19.4 Å². The number of H-pyrrole nitrogens is 1. The highest BCUT2D eigenvalue weighted by Crippen LogP contribution is 2.23. The summed E-state index contributed by atoms with van der Waals surface area (Å²) in [6, 6.07) is 11.8. The lowest BCUT2D eigenvalue weighted by molar-refractivity contribution is -0.121. The molecule has 0 atom stereocenters. The van der Waals surface area contributed by atoms with Crippen LogP contribution >= 0.6 is 23.2 Å². The van der Waals surface area contributed by atoms with Crippen molar-refractivity contribution in [2.45, 2.75) is 19.4 Å². The number of piperidine rings is 1. The number of hydrogen-bond donors (Lipinski definition) is 2. The van der Waals surface area contributed by atoms with Crippen LogP contribution in [0, 0.1) is 5.92 Å². The molecule has 1 aromatic heterocycles. The molecule has 2 heterocycles. The fourth-order valence-corrected chi connectivity index (χ4v) is 4.12. The molecule has 2 N–H and O–H groups in total. The summed E-state index contributed by atoms with van der Waals surface area (Å²) in [7, 11) is 0. The lowest BCUT2D eigenvalue weighted by atomic mass is 9.96. The third kappa shape index (κ3) is 5.94. The van der Waals surface area contributed by atoms with Crippen LogP contribution in [0.3, 0.4) is 0 Å². The van der Waals surface area contributed by atoms with E-state index in [-0.39, 0.29) is 24.3 Å². The lowest BCUT2D eigenvalue weighted by Crippen LogP contribution is -2.41. The van der Waals surface area contributed by atoms with Gasteiger partial charge in [-0.2, -0.15) is 0 Å². The van der Waals surface area contributed by atoms with Gasteiger partial charge in [0.15, 0.2) is 0 Å². The Hall–Kier alpha value is -3.30. The van der Waals surface area contributed by atoms with Crippen molar-refractivity contribution in [3.8, 4) is 11.5 Å². The van der Waals surface area contributed by atoms with Gasteiger partial charge >= 0.3 is 11.8 Å². The zero-order valence-electron chi connectivity index (χ0n) is 17.3. The number of amides is 2. The van der Waals surface area contributed by atoms with Crippen LogP contribution in [-0.4, -0.2) is 40.2 Å². The molecule has 0 aliphatic carbocycles. The minimum Gasteiger partial charge on any atom is -0.445 e. The maximum atomic E-state index is 12.6. The van der Waals surface area contributed by atoms with Crippen molar-refractivity contribution in [3.63, 3.8) is 0 Å². The summed E-state index contributed by atoms with van der Waals surface area (Å²) in [6.45, 7) is 0.909. The van der Waals surface area contributed by atoms with E-state index in [0.29, 0.717) is 52.8 Å². The molecule has 1 saturated heterocycles. The molecule has 9 nitrogen and oxygen atoms in total. The summed E-state index contributed by atoms with van der Waals surface area (Å²) >= 11 is 11.9. The van der Waals surface area contributed by atoms with Crippen LogP contribution < -0.4 is 11.1 Å². The molecule has 0 spiro atoms. The minimum atomic E-state index is -0.633. The molecule has 1 aliphatic rings. The maximum absolute atomic E-state index is 12.6. The highest BCUT2D eigenvalue weighted by atomic mass is 35.5. The van der Waals surface area contributed by atoms with Crippen molar-refractivity contribution in [1.29, 1.82) is 0 Å². The SMILES string of the molecule is O=C(Nc1ccc(-c2n[nH]c(=O)o2)cc1)C1CCN(C(=O)OCc2cc(Cl)cc(Cl)c2)CC1. The van der Waals surface area contributed by atoms with Gasteiger partial charge in [0.25, 0.3) is 0 Å². The van der Waals surface area contributed by atoms with Crippen LogP contribution in [0.2, 0.25) is 10.0 Å². The van der Waals surface area contributed by atoms with Crippen molar-refractivity contribution in [2.75, 3.05) is 18.4 Å². The van der Waals surface area contributed by atoms with Gasteiger partial charge in [-0.3, -0.25) is 4.79 Å². The monoisotopic (exact) mass is 490 g/mol. The Labute approximate surface area is 198 Å². The van der Waals surface area contributed by atoms with Gasteiger partial charge in [0.1, 0.15) is 6.61 Å². The summed E-state index contributed by atoms with van der Waals surface area (Å²) in [5, 5.41) is 9.79. The van der Waals surface area contributed by atoms with E-state index in [0.717, 1.165) is 0 Å². The molecule has 11 heteroatoms. The quantitative estimate of drug-likeness (QED) is 0.549. The fourth-order valence-electron chi connectivity index (χ4n) is 3.55. The number of nitrogens with one attached hydrogen (secondary N) is 2. The van der Waals surface area contributed by atoms with Crippen LogP contribution in [0.25, 0.3) is 11.5 Å². The first-order valence-electron chi connectivity index (χ1n) is 10.2. The highest BCUT2D eigenvalue weighted by Gasteiger charge is 2.28. The van der Waals surface area contributed by atoms with E-state index < -0.39 is 11.8 Å². The van der Waals surface area contributed by atoms with Crippen LogP contribution in [-0.2, 0) is 16.1 Å². The number of aromatic nitrogens is 2. The number of rotatable bonds is 5. The molecule has 0 radical (unpaired) electrons. The molecule has 3 aromatic rings. The number of aromatic amines is 1. The Balaban J connectivity index is 1.24. The van der Waals surface area contributed by atoms with Gasteiger partial charge in [0.2, 0.25) is 11.8 Å². The van der Waals surface area contributed by atoms with Crippen molar-refractivity contribution in [2.24, 2.45) is 5.92 Å². The molecular formula is C22H20Cl2N4O5. The second-order valence-electron chi connectivity index (χ2n) is 7.58. The number of carbonyl (C=O) groups excluding carboxylic acids is 2.